The maximum absolute atomic E-state index is 13.5. The van der Waals surface area contributed by atoms with Gasteiger partial charge in [0, 0.05) is 15.7 Å². The Labute approximate surface area is 261 Å². The van der Waals surface area contributed by atoms with E-state index in [2.05, 4.69) is 36.4 Å². The van der Waals surface area contributed by atoms with Crippen LogP contribution in [0.1, 0.15) is 22.8 Å². The first-order valence-corrected chi connectivity index (χ1v) is 15.9. The van der Waals surface area contributed by atoms with Gasteiger partial charge in [0.15, 0.2) is 0 Å². The maximum atomic E-state index is 13.5. The Balaban J connectivity index is 1.39. The van der Waals surface area contributed by atoms with Crippen molar-refractivity contribution in [3.05, 3.63) is 162 Å². The largest absolute Gasteiger partial charge is 0.489 e. The lowest BCUT2D eigenvalue weighted by molar-refractivity contribution is -0.144. The second kappa shape index (κ2) is 13.6. The van der Waals surface area contributed by atoms with E-state index in [0.717, 1.165) is 20.9 Å². The van der Waals surface area contributed by atoms with Crippen LogP contribution in [0.2, 0.25) is 0 Å². The molecule has 6 heteroatoms. The molecule has 1 fully saturated rings. The standard InChI is InChI=1S/C37H32O4S2/c38-35(28-16-13-19-30(24-28)40-25-27-14-5-1-6-15-27)34-33(26-41-36(34)39)37(29-17-7-2-8-18-29,42-31-20-9-3-10-21-31)43-32-22-11-4-12-23-32/h1-24,33-35,38H,25-26H2. The smallest absolute Gasteiger partial charge is 0.312 e. The average molecular weight is 605 g/mol. The van der Waals surface area contributed by atoms with E-state index < -0.39 is 22.1 Å². The predicted molar refractivity (Wildman–Crippen MR) is 173 cm³/mol. The first-order valence-electron chi connectivity index (χ1n) is 14.3. The molecule has 0 saturated carbocycles. The highest BCUT2D eigenvalue weighted by Crippen LogP contribution is 2.61. The first kappa shape index (κ1) is 29.1. The molecule has 5 aromatic rings. The number of benzene rings is 5. The van der Waals surface area contributed by atoms with Crippen molar-refractivity contribution in [2.24, 2.45) is 11.8 Å². The van der Waals surface area contributed by atoms with E-state index in [1.165, 1.54) is 0 Å². The van der Waals surface area contributed by atoms with E-state index >= 15 is 0 Å². The van der Waals surface area contributed by atoms with Crippen molar-refractivity contribution in [3.8, 4) is 5.75 Å². The zero-order chi connectivity index (χ0) is 29.5. The monoisotopic (exact) mass is 604 g/mol. The highest BCUT2D eigenvalue weighted by Gasteiger charge is 2.55. The Morgan fingerprint density at radius 3 is 1.91 bits per heavy atom. The quantitative estimate of drug-likeness (QED) is 0.0927. The number of thioether (sulfide) groups is 2. The molecule has 6 rings (SSSR count). The van der Waals surface area contributed by atoms with Gasteiger partial charge >= 0.3 is 5.97 Å². The molecule has 3 unspecified atom stereocenters. The Morgan fingerprint density at radius 2 is 1.30 bits per heavy atom. The maximum Gasteiger partial charge on any atom is 0.312 e. The number of hydrogen-bond donors (Lipinski definition) is 1. The summed E-state index contributed by atoms with van der Waals surface area (Å²) in [7, 11) is 0. The van der Waals surface area contributed by atoms with Gasteiger partial charge in [0.1, 0.15) is 16.4 Å². The van der Waals surface area contributed by atoms with Gasteiger partial charge in [0.2, 0.25) is 0 Å². The summed E-state index contributed by atoms with van der Waals surface area (Å²) >= 11 is 3.41. The van der Waals surface area contributed by atoms with Crippen LogP contribution >= 0.6 is 23.5 Å². The lowest BCUT2D eigenvalue weighted by atomic mass is 9.82. The van der Waals surface area contributed by atoms with E-state index in [9.17, 15) is 9.90 Å². The second-order valence-corrected chi connectivity index (χ2v) is 13.3. The Kier molecular flexibility index (Phi) is 9.18. The van der Waals surface area contributed by atoms with Crippen molar-refractivity contribution >= 4 is 29.5 Å². The Hall–Kier alpha value is -3.97. The topological polar surface area (TPSA) is 55.8 Å². The Morgan fingerprint density at radius 1 is 0.744 bits per heavy atom. The van der Waals surface area contributed by atoms with Gasteiger partial charge in [-0.2, -0.15) is 0 Å². The number of rotatable bonds is 11. The second-order valence-electron chi connectivity index (χ2n) is 10.4. The number of aliphatic hydroxyl groups excluding tert-OH is 1. The van der Waals surface area contributed by atoms with E-state index in [1.54, 1.807) is 23.5 Å². The van der Waals surface area contributed by atoms with Crippen molar-refractivity contribution in [1.29, 1.82) is 0 Å². The molecule has 5 aromatic carbocycles. The van der Waals surface area contributed by atoms with Crippen LogP contribution in [-0.4, -0.2) is 17.7 Å². The summed E-state index contributed by atoms with van der Waals surface area (Å²) in [5.41, 5.74) is 2.73. The fourth-order valence-electron chi connectivity index (χ4n) is 5.47. The van der Waals surface area contributed by atoms with Crippen LogP contribution < -0.4 is 4.74 Å². The van der Waals surface area contributed by atoms with Crippen LogP contribution in [-0.2, 0) is 20.2 Å². The minimum absolute atomic E-state index is 0.194. The molecule has 0 radical (unpaired) electrons. The van der Waals surface area contributed by atoms with Gasteiger partial charge in [-0.05, 0) is 53.1 Å². The van der Waals surface area contributed by atoms with Crippen LogP contribution in [0, 0.1) is 11.8 Å². The van der Waals surface area contributed by atoms with Crippen LogP contribution in [0.3, 0.4) is 0 Å². The van der Waals surface area contributed by atoms with E-state index in [0.29, 0.717) is 17.9 Å². The molecule has 4 nitrogen and oxygen atoms in total. The van der Waals surface area contributed by atoms with Crippen LogP contribution in [0.15, 0.2) is 155 Å². The van der Waals surface area contributed by atoms with Gasteiger partial charge in [0.25, 0.3) is 0 Å². The number of carbonyl (C=O) groups excluding carboxylic acids is 1. The van der Waals surface area contributed by atoms with E-state index in [-0.39, 0.29) is 12.5 Å². The highest BCUT2D eigenvalue weighted by molar-refractivity contribution is 8.17. The molecule has 0 aromatic heterocycles. The summed E-state index contributed by atoms with van der Waals surface area (Å²) in [4.78, 5) is 15.7. The normalized spacial score (nSPS) is 17.3. The molecule has 1 saturated heterocycles. The zero-order valence-corrected chi connectivity index (χ0v) is 25.1. The molecule has 1 N–H and O–H groups in total. The lowest BCUT2D eigenvalue weighted by Crippen LogP contribution is -2.37. The minimum atomic E-state index is -1.09. The average Bonchev–Trinajstić information content (AvgIpc) is 3.46. The number of carbonyl (C=O) groups is 1. The van der Waals surface area contributed by atoms with Crippen LogP contribution in [0.4, 0.5) is 0 Å². The lowest BCUT2D eigenvalue weighted by Gasteiger charge is -2.40. The third-order valence-electron chi connectivity index (χ3n) is 7.59. The molecule has 0 spiro atoms. The predicted octanol–water partition coefficient (Wildman–Crippen LogP) is 8.53. The molecule has 0 aliphatic carbocycles. The molecule has 3 atom stereocenters. The third-order valence-corrected chi connectivity index (χ3v) is 10.8. The molecule has 0 bridgehead atoms. The third kappa shape index (κ3) is 6.67. The molecule has 43 heavy (non-hydrogen) atoms. The van der Waals surface area contributed by atoms with Crippen molar-refractivity contribution in [2.75, 3.05) is 6.61 Å². The minimum Gasteiger partial charge on any atom is -0.489 e. The fraction of sp³-hybridized carbons (Fsp3) is 0.162. The summed E-state index contributed by atoms with van der Waals surface area (Å²) in [6.07, 6.45) is -1.09. The molecule has 1 aliphatic heterocycles. The van der Waals surface area contributed by atoms with Gasteiger partial charge in [-0.25, -0.2) is 0 Å². The number of esters is 1. The van der Waals surface area contributed by atoms with Gasteiger partial charge in [-0.1, -0.05) is 109 Å². The van der Waals surface area contributed by atoms with Crippen molar-refractivity contribution in [3.63, 3.8) is 0 Å². The molecular formula is C37H32O4S2. The molecule has 216 valence electrons. The molecular weight excluding hydrogens is 573 g/mol. The highest BCUT2D eigenvalue weighted by atomic mass is 32.2. The van der Waals surface area contributed by atoms with Gasteiger partial charge in [-0.3, -0.25) is 4.79 Å². The first-order chi connectivity index (χ1) is 21.1. The van der Waals surface area contributed by atoms with E-state index in [4.69, 9.17) is 9.47 Å². The van der Waals surface area contributed by atoms with Gasteiger partial charge < -0.3 is 14.6 Å². The van der Waals surface area contributed by atoms with Crippen molar-refractivity contribution in [1.82, 2.24) is 0 Å². The van der Waals surface area contributed by atoms with Crippen molar-refractivity contribution < 1.29 is 19.4 Å². The summed E-state index contributed by atoms with van der Waals surface area (Å²) in [5, 5.41) is 11.9. The summed E-state index contributed by atoms with van der Waals surface area (Å²) in [5.74, 6) is -0.913. The molecule has 0 amide bonds. The Bertz CT molecular complexity index is 1570. The van der Waals surface area contributed by atoms with Crippen LogP contribution in [0.25, 0.3) is 0 Å². The number of hydrogen-bond acceptors (Lipinski definition) is 6. The number of aliphatic hydroxyl groups is 1. The van der Waals surface area contributed by atoms with Crippen molar-refractivity contribution in [2.45, 2.75) is 26.6 Å². The molecule has 1 heterocycles. The van der Waals surface area contributed by atoms with Gasteiger partial charge in [0.05, 0.1) is 18.6 Å². The fourth-order valence-corrected chi connectivity index (χ4v) is 8.74. The summed E-state index contributed by atoms with van der Waals surface area (Å²) in [6, 6.07) is 48.1. The van der Waals surface area contributed by atoms with Crippen LogP contribution in [0.5, 0.6) is 5.75 Å². The summed E-state index contributed by atoms with van der Waals surface area (Å²) < 4.78 is 11.2. The molecule has 1 aliphatic rings. The number of cyclic esters (lactones) is 1. The zero-order valence-electron chi connectivity index (χ0n) is 23.5. The summed E-state index contributed by atoms with van der Waals surface area (Å²) in [6.45, 7) is 0.604. The van der Waals surface area contributed by atoms with E-state index in [1.807, 2.05) is 109 Å². The number of ether oxygens (including phenoxy) is 2. The van der Waals surface area contributed by atoms with Gasteiger partial charge in [-0.15, -0.1) is 23.5 Å². The SMILES string of the molecule is O=C1OCC(C(Sc2ccccc2)(Sc2ccccc2)c2ccccc2)C1C(O)c1cccc(OCc2ccccc2)c1.